The number of halogens is 1. The summed E-state index contributed by atoms with van der Waals surface area (Å²) >= 11 is 6.08. The zero-order valence-corrected chi connectivity index (χ0v) is 21.3. The highest BCUT2D eigenvalue weighted by Crippen LogP contribution is 2.16. The lowest BCUT2D eigenvalue weighted by molar-refractivity contribution is 0.209. The first-order valence-corrected chi connectivity index (χ1v) is 13.4. The van der Waals surface area contributed by atoms with Gasteiger partial charge in [0.1, 0.15) is 0 Å². The maximum Gasteiger partial charge on any atom is 0.321 e. The van der Waals surface area contributed by atoms with E-state index in [1.165, 1.54) is 63.4 Å². The lowest BCUT2D eigenvalue weighted by atomic mass is 10.1. The van der Waals surface area contributed by atoms with E-state index in [-0.39, 0.29) is 6.03 Å². The summed E-state index contributed by atoms with van der Waals surface area (Å²) in [7, 11) is 0. The fraction of sp³-hybridized carbons (Fsp3) is 0.552. The first-order chi connectivity index (χ1) is 16.2. The van der Waals surface area contributed by atoms with Crippen LogP contribution in [0.2, 0.25) is 5.02 Å². The number of urea groups is 1. The fourth-order valence-electron chi connectivity index (χ4n) is 4.15. The van der Waals surface area contributed by atoms with Gasteiger partial charge in [0, 0.05) is 23.8 Å². The molecule has 0 atom stereocenters. The molecule has 0 saturated heterocycles. The third kappa shape index (κ3) is 12.7. The number of anilines is 1. The maximum absolute atomic E-state index is 13.0. The standard InChI is InChI=1S/C29H43ClN2O/c1-2-3-4-5-6-7-8-9-10-15-23-32(24-16-14-20-26-18-12-11-13-19-26)29(33)31-28-22-17-21-27(30)25-28/h11-13,17-19,21-22,25H,2-10,14-16,20,23-24H2,1H3,(H,31,33). The number of aryl methyl sites for hydroxylation is 1. The molecular weight excluding hydrogens is 428 g/mol. The van der Waals surface area contributed by atoms with Crippen LogP contribution in [0.4, 0.5) is 10.5 Å². The Labute approximate surface area is 206 Å². The van der Waals surface area contributed by atoms with Crippen molar-refractivity contribution >= 4 is 23.3 Å². The molecule has 182 valence electrons. The quantitative estimate of drug-likeness (QED) is 0.229. The molecule has 4 heteroatoms. The molecule has 0 spiro atoms. The molecule has 3 nitrogen and oxygen atoms in total. The molecule has 0 aliphatic heterocycles. The summed E-state index contributed by atoms with van der Waals surface area (Å²) in [6, 6.07) is 17.9. The van der Waals surface area contributed by atoms with Gasteiger partial charge in [-0.05, 0) is 49.4 Å². The van der Waals surface area contributed by atoms with E-state index in [0.29, 0.717) is 5.02 Å². The molecule has 0 saturated carbocycles. The summed E-state index contributed by atoms with van der Waals surface area (Å²) < 4.78 is 0. The molecule has 2 amide bonds. The van der Waals surface area contributed by atoms with E-state index in [4.69, 9.17) is 11.6 Å². The molecule has 2 aromatic rings. The highest BCUT2D eigenvalue weighted by atomic mass is 35.5. The summed E-state index contributed by atoms with van der Waals surface area (Å²) in [6.07, 6.45) is 16.2. The Morgan fingerprint density at radius 2 is 1.36 bits per heavy atom. The summed E-state index contributed by atoms with van der Waals surface area (Å²) in [5.41, 5.74) is 2.12. The normalized spacial score (nSPS) is 10.8. The number of hydrogen-bond acceptors (Lipinski definition) is 1. The molecule has 1 N–H and O–H groups in total. The molecule has 0 radical (unpaired) electrons. The average molecular weight is 471 g/mol. The molecule has 2 aromatic carbocycles. The van der Waals surface area contributed by atoms with Gasteiger partial charge in [0.15, 0.2) is 0 Å². The van der Waals surface area contributed by atoms with Gasteiger partial charge in [0.2, 0.25) is 0 Å². The Morgan fingerprint density at radius 1 is 0.758 bits per heavy atom. The zero-order chi connectivity index (χ0) is 23.6. The minimum absolute atomic E-state index is 0.0205. The number of nitrogens with zero attached hydrogens (tertiary/aromatic N) is 1. The second-order valence-corrected chi connectivity index (χ2v) is 9.49. The molecule has 0 aliphatic carbocycles. The van der Waals surface area contributed by atoms with Crippen LogP contribution in [-0.4, -0.2) is 24.0 Å². The molecule has 2 rings (SSSR count). The van der Waals surface area contributed by atoms with Gasteiger partial charge in [-0.15, -0.1) is 0 Å². The highest BCUT2D eigenvalue weighted by molar-refractivity contribution is 6.30. The van der Waals surface area contributed by atoms with Crippen LogP contribution in [0.15, 0.2) is 54.6 Å². The van der Waals surface area contributed by atoms with Gasteiger partial charge in [-0.2, -0.15) is 0 Å². The topological polar surface area (TPSA) is 32.3 Å². The van der Waals surface area contributed by atoms with E-state index in [0.717, 1.165) is 44.5 Å². The minimum atomic E-state index is -0.0205. The van der Waals surface area contributed by atoms with Crippen molar-refractivity contribution in [2.24, 2.45) is 0 Å². The van der Waals surface area contributed by atoms with E-state index >= 15 is 0 Å². The van der Waals surface area contributed by atoms with Crippen LogP contribution in [0.5, 0.6) is 0 Å². The maximum atomic E-state index is 13.0. The highest BCUT2D eigenvalue weighted by Gasteiger charge is 2.13. The van der Waals surface area contributed by atoms with Crippen molar-refractivity contribution in [3.8, 4) is 0 Å². The molecule has 0 unspecified atom stereocenters. The molecule has 0 aromatic heterocycles. The Hall–Kier alpha value is -2.00. The van der Waals surface area contributed by atoms with Gasteiger partial charge in [-0.25, -0.2) is 4.79 Å². The van der Waals surface area contributed by atoms with Crippen LogP contribution in [0.3, 0.4) is 0 Å². The number of amides is 2. The average Bonchev–Trinajstić information content (AvgIpc) is 2.82. The van der Waals surface area contributed by atoms with E-state index in [9.17, 15) is 4.79 Å². The number of carbonyl (C=O) groups is 1. The van der Waals surface area contributed by atoms with E-state index in [1.54, 1.807) is 6.07 Å². The van der Waals surface area contributed by atoms with E-state index in [1.807, 2.05) is 23.1 Å². The Morgan fingerprint density at radius 3 is 2.00 bits per heavy atom. The van der Waals surface area contributed by atoms with Crippen LogP contribution in [0, 0.1) is 0 Å². The van der Waals surface area contributed by atoms with Crippen molar-refractivity contribution in [3.05, 3.63) is 65.2 Å². The minimum Gasteiger partial charge on any atom is -0.325 e. The van der Waals surface area contributed by atoms with Crippen LogP contribution >= 0.6 is 11.6 Å². The first kappa shape index (κ1) is 27.2. The third-order valence-corrected chi connectivity index (χ3v) is 6.37. The second-order valence-electron chi connectivity index (χ2n) is 9.05. The monoisotopic (exact) mass is 470 g/mol. The largest absolute Gasteiger partial charge is 0.325 e. The lowest BCUT2D eigenvalue weighted by Gasteiger charge is -2.23. The number of unbranched alkanes of at least 4 members (excludes halogenated alkanes) is 10. The van der Waals surface area contributed by atoms with E-state index < -0.39 is 0 Å². The van der Waals surface area contributed by atoms with Crippen LogP contribution < -0.4 is 5.32 Å². The third-order valence-electron chi connectivity index (χ3n) is 6.13. The van der Waals surface area contributed by atoms with Crippen molar-refractivity contribution < 1.29 is 4.79 Å². The van der Waals surface area contributed by atoms with Gasteiger partial charge < -0.3 is 10.2 Å². The second kappa shape index (κ2) is 17.5. The predicted octanol–water partition coefficient (Wildman–Crippen LogP) is 9.12. The van der Waals surface area contributed by atoms with Crippen molar-refractivity contribution in [1.29, 1.82) is 0 Å². The van der Waals surface area contributed by atoms with Gasteiger partial charge in [-0.3, -0.25) is 0 Å². The van der Waals surface area contributed by atoms with Crippen molar-refractivity contribution in [2.75, 3.05) is 18.4 Å². The van der Waals surface area contributed by atoms with E-state index in [2.05, 4.69) is 42.6 Å². The molecule has 0 aliphatic rings. The Kier molecular flexibility index (Phi) is 14.4. The summed E-state index contributed by atoms with van der Waals surface area (Å²) in [6.45, 7) is 3.87. The number of rotatable bonds is 17. The lowest BCUT2D eigenvalue weighted by Crippen LogP contribution is -2.36. The SMILES string of the molecule is CCCCCCCCCCCCN(CCCCc1ccccc1)C(=O)Nc1cccc(Cl)c1. The zero-order valence-electron chi connectivity index (χ0n) is 20.5. The summed E-state index contributed by atoms with van der Waals surface area (Å²) in [5, 5.41) is 3.67. The number of hydrogen-bond donors (Lipinski definition) is 1. The summed E-state index contributed by atoms with van der Waals surface area (Å²) in [5.74, 6) is 0. The van der Waals surface area contributed by atoms with Crippen LogP contribution in [0.1, 0.15) is 89.5 Å². The first-order valence-electron chi connectivity index (χ1n) is 13.0. The van der Waals surface area contributed by atoms with Gasteiger partial charge in [0.25, 0.3) is 0 Å². The summed E-state index contributed by atoms with van der Waals surface area (Å²) in [4.78, 5) is 14.9. The van der Waals surface area contributed by atoms with Crippen LogP contribution in [-0.2, 0) is 6.42 Å². The van der Waals surface area contributed by atoms with Crippen molar-refractivity contribution in [1.82, 2.24) is 4.90 Å². The molecule has 33 heavy (non-hydrogen) atoms. The molecular formula is C29H43ClN2O. The predicted molar refractivity (Wildman–Crippen MR) is 143 cm³/mol. The Balaban J connectivity index is 1.71. The van der Waals surface area contributed by atoms with Gasteiger partial charge in [0.05, 0.1) is 0 Å². The molecule has 0 bridgehead atoms. The van der Waals surface area contributed by atoms with Gasteiger partial charge in [-0.1, -0.05) is 113 Å². The van der Waals surface area contributed by atoms with Crippen LogP contribution in [0.25, 0.3) is 0 Å². The number of benzene rings is 2. The van der Waals surface area contributed by atoms with Crippen molar-refractivity contribution in [2.45, 2.75) is 90.4 Å². The molecule has 0 fully saturated rings. The molecule has 0 heterocycles. The number of carbonyl (C=O) groups excluding carboxylic acids is 1. The number of nitrogens with one attached hydrogen (secondary N) is 1. The smallest absolute Gasteiger partial charge is 0.321 e. The fourth-order valence-corrected chi connectivity index (χ4v) is 4.34. The van der Waals surface area contributed by atoms with Gasteiger partial charge >= 0.3 is 6.03 Å². The van der Waals surface area contributed by atoms with Crippen molar-refractivity contribution in [3.63, 3.8) is 0 Å². The Bertz CT molecular complexity index is 765.